The summed E-state index contributed by atoms with van der Waals surface area (Å²) in [4.78, 5) is 8.11. The molecule has 0 aliphatic heterocycles. The number of nitrogens with one attached hydrogen (secondary N) is 1. The molecule has 1 N–H and O–H groups in total. The summed E-state index contributed by atoms with van der Waals surface area (Å²) in [6.45, 7) is 2.21. The molecule has 0 amide bonds. The zero-order chi connectivity index (χ0) is 10.0. The topological polar surface area (TPSA) is 47.0 Å². The smallest absolute Gasteiger partial charge is 0.218 e. The molecule has 1 aromatic heterocycles. The van der Waals surface area contributed by atoms with Crippen LogP contribution in [0.5, 0.6) is 5.88 Å². The summed E-state index contributed by atoms with van der Waals surface area (Å²) in [6.07, 6.45) is 5.23. The van der Waals surface area contributed by atoms with Gasteiger partial charge >= 0.3 is 0 Å². The van der Waals surface area contributed by atoms with Crippen molar-refractivity contribution in [1.82, 2.24) is 9.97 Å². The highest BCUT2D eigenvalue weighted by molar-refractivity contribution is 5.40. The Labute approximate surface area is 83.7 Å². The second-order valence-corrected chi connectivity index (χ2v) is 3.98. The highest BCUT2D eigenvalue weighted by Gasteiger charge is 2.31. The van der Waals surface area contributed by atoms with E-state index in [2.05, 4.69) is 22.2 Å². The van der Waals surface area contributed by atoms with Gasteiger partial charge in [-0.15, -0.1) is 0 Å². The van der Waals surface area contributed by atoms with Gasteiger partial charge in [0.15, 0.2) is 0 Å². The fourth-order valence-corrected chi connectivity index (χ4v) is 1.66. The van der Waals surface area contributed by atoms with Gasteiger partial charge in [-0.1, -0.05) is 0 Å². The summed E-state index contributed by atoms with van der Waals surface area (Å²) >= 11 is 0. The normalized spacial score (nSPS) is 18.4. The molecule has 14 heavy (non-hydrogen) atoms. The van der Waals surface area contributed by atoms with Gasteiger partial charge in [0.25, 0.3) is 0 Å². The molecule has 1 aliphatic carbocycles. The second-order valence-electron chi connectivity index (χ2n) is 3.98. The lowest BCUT2D eigenvalue weighted by Gasteiger charge is -2.39. The van der Waals surface area contributed by atoms with Crippen LogP contribution < -0.4 is 10.1 Å². The van der Waals surface area contributed by atoms with E-state index in [0.29, 0.717) is 5.88 Å². The maximum absolute atomic E-state index is 5.03. The SMILES string of the molecule is COc1cc(NC2(C)CCC2)ncn1. The summed E-state index contributed by atoms with van der Waals surface area (Å²) in [5.74, 6) is 1.45. The first-order valence-corrected chi connectivity index (χ1v) is 4.86. The zero-order valence-electron chi connectivity index (χ0n) is 8.58. The summed E-state index contributed by atoms with van der Waals surface area (Å²) in [6, 6.07) is 1.82. The highest BCUT2D eigenvalue weighted by Crippen LogP contribution is 2.34. The van der Waals surface area contributed by atoms with E-state index in [-0.39, 0.29) is 5.54 Å². The fourth-order valence-electron chi connectivity index (χ4n) is 1.66. The summed E-state index contributed by atoms with van der Waals surface area (Å²) in [5.41, 5.74) is 0.222. The van der Waals surface area contributed by atoms with Gasteiger partial charge in [-0.25, -0.2) is 9.97 Å². The molecule has 0 spiro atoms. The van der Waals surface area contributed by atoms with E-state index in [0.717, 1.165) is 5.82 Å². The standard InChI is InChI=1S/C10H15N3O/c1-10(4-3-5-10)13-8-6-9(14-2)12-7-11-8/h6-7H,3-5H2,1-2H3,(H,11,12,13). The van der Waals surface area contributed by atoms with Crippen LogP contribution in [0.25, 0.3) is 0 Å². The fraction of sp³-hybridized carbons (Fsp3) is 0.600. The van der Waals surface area contributed by atoms with Crippen LogP contribution in [0.1, 0.15) is 26.2 Å². The third-order valence-electron chi connectivity index (χ3n) is 2.74. The van der Waals surface area contributed by atoms with Crippen molar-refractivity contribution in [3.05, 3.63) is 12.4 Å². The zero-order valence-corrected chi connectivity index (χ0v) is 8.58. The number of hydrogen-bond donors (Lipinski definition) is 1. The lowest BCUT2D eigenvalue weighted by Crippen LogP contribution is -2.41. The molecule has 2 rings (SSSR count). The maximum Gasteiger partial charge on any atom is 0.218 e. The molecule has 0 saturated heterocycles. The van der Waals surface area contributed by atoms with Crippen molar-refractivity contribution >= 4 is 5.82 Å². The number of nitrogens with zero attached hydrogens (tertiary/aromatic N) is 2. The molecule has 1 aliphatic rings. The third-order valence-corrected chi connectivity index (χ3v) is 2.74. The minimum atomic E-state index is 0.222. The van der Waals surface area contributed by atoms with Crippen molar-refractivity contribution in [2.75, 3.05) is 12.4 Å². The average Bonchev–Trinajstić information content (AvgIpc) is 2.16. The van der Waals surface area contributed by atoms with Gasteiger partial charge in [0.1, 0.15) is 12.1 Å². The molecule has 0 radical (unpaired) electrons. The average molecular weight is 193 g/mol. The Bertz CT molecular complexity index is 323. The van der Waals surface area contributed by atoms with E-state index >= 15 is 0 Å². The number of methoxy groups -OCH3 is 1. The van der Waals surface area contributed by atoms with Crippen molar-refractivity contribution in [2.45, 2.75) is 31.7 Å². The van der Waals surface area contributed by atoms with Crippen LogP contribution in [0.3, 0.4) is 0 Å². The Kier molecular flexibility index (Phi) is 2.27. The highest BCUT2D eigenvalue weighted by atomic mass is 16.5. The van der Waals surface area contributed by atoms with Gasteiger partial charge in [0.05, 0.1) is 7.11 Å². The molecular weight excluding hydrogens is 178 g/mol. The summed E-state index contributed by atoms with van der Waals surface area (Å²) < 4.78 is 5.03. The van der Waals surface area contributed by atoms with E-state index in [1.54, 1.807) is 7.11 Å². The van der Waals surface area contributed by atoms with Gasteiger partial charge in [0.2, 0.25) is 5.88 Å². The maximum atomic E-state index is 5.03. The number of hydrogen-bond acceptors (Lipinski definition) is 4. The van der Waals surface area contributed by atoms with Gasteiger partial charge < -0.3 is 10.1 Å². The minimum absolute atomic E-state index is 0.222. The Balaban J connectivity index is 2.08. The molecule has 1 fully saturated rings. The molecule has 0 aromatic carbocycles. The second kappa shape index (κ2) is 3.44. The first kappa shape index (κ1) is 9.24. The predicted octanol–water partition coefficient (Wildman–Crippen LogP) is 1.84. The molecule has 1 aromatic rings. The molecular formula is C10H15N3O. The molecule has 4 nitrogen and oxygen atoms in total. The molecule has 4 heteroatoms. The van der Waals surface area contributed by atoms with Crippen LogP contribution in [-0.4, -0.2) is 22.6 Å². The Hall–Kier alpha value is -1.32. The van der Waals surface area contributed by atoms with Crippen LogP contribution in [0.4, 0.5) is 5.82 Å². The van der Waals surface area contributed by atoms with Crippen LogP contribution in [0.15, 0.2) is 12.4 Å². The molecule has 0 atom stereocenters. The largest absolute Gasteiger partial charge is 0.481 e. The van der Waals surface area contributed by atoms with Gasteiger partial charge in [0, 0.05) is 11.6 Å². The van der Waals surface area contributed by atoms with Crippen molar-refractivity contribution in [1.29, 1.82) is 0 Å². The third kappa shape index (κ3) is 1.78. The van der Waals surface area contributed by atoms with Gasteiger partial charge in [-0.3, -0.25) is 0 Å². The van der Waals surface area contributed by atoms with Crippen LogP contribution in [-0.2, 0) is 0 Å². The Morgan fingerprint density at radius 1 is 1.43 bits per heavy atom. The van der Waals surface area contributed by atoms with Crippen molar-refractivity contribution < 1.29 is 4.74 Å². The number of anilines is 1. The number of rotatable bonds is 3. The molecule has 1 heterocycles. The summed E-state index contributed by atoms with van der Waals surface area (Å²) in [7, 11) is 1.61. The Morgan fingerprint density at radius 3 is 2.79 bits per heavy atom. The van der Waals surface area contributed by atoms with E-state index in [1.165, 1.54) is 25.6 Å². The van der Waals surface area contributed by atoms with E-state index in [4.69, 9.17) is 4.74 Å². The van der Waals surface area contributed by atoms with Crippen molar-refractivity contribution in [3.63, 3.8) is 0 Å². The monoisotopic (exact) mass is 193 g/mol. The summed E-state index contributed by atoms with van der Waals surface area (Å²) in [5, 5.41) is 3.40. The number of aromatic nitrogens is 2. The van der Waals surface area contributed by atoms with E-state index in [9.17, 15) is 0 Å². The molecule has 76 valence electrons. The first-order chi connectivity index (χ1) is 6.72. The van der Waals surface area contributed by atoms with Gasteiger partial charge in [-0.2, -0.15) is 0 Å². The van der Waals surface area contributed by atoms with E-state index in [1.807, 2.05) is 6.07 Å². The molecule has 0 bridgehead atoms. The Morgan fingerprint density at radius 2 is 2.21 bits per heavy atom. The van der Waals surface area contributed by atoms with Gasteiger partial charge in [-0.05, 0) is 26.2 Å². The predicted molar refractivity (Wildman–Crippen MR) is 54.5 cm³/mol. The van der Waals surface area contributed by atoms with Crippen molar-refractivity contribution in [3.8, 4) is 5.88 Å². The lowest BCUT2D eigenvalue weighted by atomic mass is 9.78. The van der Waals surface area contributed by atoms with Crippen molar-refractivity contribution in [2.24, 2.45) is 0 Å². The van der Waals surface area contributed by atoms with Crippen LogP contribution >= 0.6 is 0 Å². The first-order valence-electron chi connectivity index (χ1n) is 4.86. The number of ether oxygens (including phenoxy) is 1. The lowest BCUT2D eigenvalue weighted by molar-refractivity contribution is 0.305. The molecule has 1 saturated carbocycles. The van der Waals surface area contributed by atoms with E-state index < -0.39 is 0 Å². The van der Waals surface area contributed by atoms with Crippen LogP contribution in [0.2, 0.25) is 0 Å². The molecule has 0 unspecified atom stereocenters. The minimum Gasteiger partial charge on any atom is -0.481 e. The quantitative estimate of drug-likeness (QED) is 0.795. The van der Waals surface area contributed by atoms with Crippen LogP contribution in [0, 0.1) is 0 Å².